The van der Waals surface area contributed by atoms with Crippen molar-refractivity contribution in [3.8, 4) is 0 Å². The van der Waals surface area contributed by atoms with Crippen molar-refractivity contribution < 1.29 is 9.90 Å². The summed E-state index contributed by atoms with van der Waals surface area (Å²) in [6, 6.07) is 1.63. The highest BCUT2D eigenvalue weighted by Gasteiger charge is 2.07. The van der Waals surface area contributed by atoms with Crippen molar-refractivity contribution in [1.29, 1.82) is 0 Å². The van der Waals surface area contributed by atoms with Crippen molar-refractivity contribution in [2.24, 2.45) is 0 Å². The first-order chi connectivity index (χ1) is 7.06. The number of nitrogens with zero attached hydrogens (tertiary/aromatic N) is 1. The largest absolute Gasteiger partial charge is 0.480 e. The molecule has 1 aromatic heterocycles. The van der Waals surface area contributed by atoms with E-state index in [-0.39, 0.29) is 12.2 Å². The van der Waals surface area contributed by atoms with Gasteiger partial charge >= 0.3 is 5.97 Å². The van der Waals surface area contributed by atoms with Gasteiger partial charge in [0.25, 0.3) is 5.56 Å². The number of aromatic nitrogens is 1. The summed E-state index contributed by atoms with van der Waals surface area (Å²) in [6.45, 7) is 3.16. The lowest BCUT2D eigenvalue weighted by Gasteiger charge is -2.06. The van der Waals surface area contributed by atoms with Crippen molar-refractivity contribution in [1.82, 2.24) is 4.57 Å². The Hall–Kier alpha value is -2.04. The van der Waals surface area contributed by atoms with Gasteiger partial charge in [0.05, 0.1) is 0 Å². The Kier molecular flexibility index (Phi) is 3.28. The zero-order chi connectivity index (χ0) is 11.4. The molecule has 0 aliphatic rings. The van der Waals surface area contributed by atoms with Crippen LogP contribution in [-0.2, 0) is 17.8 Å². The molecule has 0 unspecified atom stereocenters. The Labute approximate surface area is 86.5 Å². The van der Waals surface area contributed by atoms with Gasteiger partial charge < -0.3 is 15.4 Å². The Morgan fingerprint density at radius 2 is 2.33 bits per heavy atom. The molecule has 80 valence electrons. The molecule has 1 heterocycles. The first-order valence-electron chi connectivity index (χ1n) is 4.36. The number of allylic oxidation sites excluding steroid dienone is 1. The zero-order valence-electron chi connectivity index (χ0n) is 8.14. The number of nitrogen functional groups attached to an aromatic ring is 1. The van der Waals surface area contributed by atoms with Crippen LogP contribution in [0.1, 0.15) is 5.56 Å². The summed E-state index contributed by atoms with van der Waals surface area (Å²) in [7, 11) is 0. The lowest BCUT2D eigenvalue weighted by Crippen LogP contribution is -2.26. The summed E-state index contributed by atoms with van der Waals surface area (Å²) >= 11 is 0. The molecule has 3 N–H and O–H groups in total. The highest BCUT2D eigenvalue weighted by Crippen LogP contribution is 2.06. The average molecular weight is 208 g/mol. The Bertz CT molecular complexity index is 448. The average Bonchev–Trinajstić information content (AvgIpc) is 2.17. The van der Waals surface area contributed by atoms with Crippen LogP contribution in [0.2, 0.25) is 0 Å². The molecule has 0 amide bonds. The molecule has 0 aliphatic carbocycles. The third-order valence-electron chi connectivity index (χ3n) is 1.96. The van der Waals surface area contributed by atoms with Crippen molar-refractivity contribution in [2.75, 3.05) is 5.73 Å². The van der Waals surface area contributed by atoms with Gasteiger partial charge in [-0.05, 0) is 18.1 Å². The summed E-state index contributed by atoms with van der Waals surface area (Å²) < 4.78 is 1.06. The van der Waals surface area contributed by atoms with Gasteiger partial charge in [0.2, 0.25) is 0 Å². The molecule has 0 atom stereocenters. The summed E-state index contributed by atoms with van der Waals surface area (Å²) in [6.07, 6.45) is 3.55. The molecular formula is C10H12N2O3. The number of hydrogen-bond acceptors (Lipinski definition) is 3. The molecule has 0 saturated heterocycles. The second-order valence-corrected chi connectivity index (χ2v) is 3.07. The van der Waals surface area contributed by atoms with Crippen LogP contribution in [0.25, 0.3) is 0 Å². The van der Waals surface area contributed by atoms with Crippen LogP contribution in [0.4, 0.5) is 5.69 Å². The van der Waals surface area contributed by atoms with Crippen LogP contribution in [0, 0.1) is 0 Å². The fourth-order valence-electron chi connectivity index (χ4n) is 1.23. The molecule has 0 aliphatic heterocycles. The molecule has 5 heteroatoms. The van der Waals surface area contributed by atoms with Crippen LogP contribution in [0.5, 0.6) is 0 Å². The second kappa shape index (κ2) is 4.45. The van der Waals surface area contributed by atoms with Gasteiger partial charge in [0.15, 0.2) is 0 Å². The number of carboxylic acid groups (broad SMARTS) is 1. The fourth-order valence-corrected chi connectivity index (χ4v) is 1.23. The van der Waals surface area contributed by atoms with E-state index < -0.39 is 11.5 Å². The number of aliphatic carboxylic acids is 1. The highest BCUT2D eigenvalue weighted by atomic mass is 16.4. The van der Waals surface area contributed by atoms with E-state index in [1.807, 2.05) is 0 Å². The summed E-state index contributed by atoms with van der Waals surface area (Å²) in [4.78, 5) is 22.0. The van der Waals surface area contributed by atoms with Crippen LogP contribution in [0.3, 0.4) is 0 Å². The minimum Gasteiger partial charge on any atom is -0.480 e. The first-order valence-corrected chi connectivity index (χ1v) is 4.36. The monoisotopic (exact) mass is 208 g/mol. The van der Waals surface area contributed by atoms with E-state index in [9.17, 15) is 9.59 Å². The van der Waals surface area contributed by atoms with Crippen LogP contribution < -0.4 is 11.3 Å². The number of nitrogens with two attached hydrogens (primary N) is 1. The van der Waals surface area contributed by atoms with E-state index in [2.05, 4.69) is 6.58 Å². The van der Waals surface area contributed by atoms with Crippen LogP contribution in [-0.4, -0.2) is 15.6 Å². The number of carbonyl (C=O) groups is 1. The van der Waals surface area contributed by atoms with Crippen molar-refractivity contribution >= 4 is 11.7 Å². The number of anilines is 1. The first kappa shape index (κ1) is 11.0. The molecule has 1 rings (SSSR count). The third kappa shape index (κ3) is 2.46. The van der Waals surface area contributed by atoms with Crippen molar-refractivity contribution in [2.45, 2.75) is 13.0 Å². The molecule has 1 aromatic rings. The van der Waals surface area contributed by atoms with Crippen molar-refractivity contribution in [3.05, 3.63) is 40.8 Å². The minimum atomic E-state index is -1.08. The minimum absolute atomic E-state index is 0.0821. The quantitative estimate of drug-likeness (QED) is 0.694. The van der Waals surface area contributed by atoms with Crippen LogP contribution >= 0.6 is 0 Å². The third-order valence-corrected chi connectivity index (χ3v) is 1.96. The fraction of sp³-hybridized carbons (Fsp3) is 0.200. The van der Waals surface area contributed by atoms with E-state index >= 15 is 0 Å². The van der Waals surface area contributed by atoms with Gasteiger partial charge in [0, 0.05) is 6.20 Å². The van der Waals surface area contributed by atoms with Crippen molar-refractivity contribution in [3.63, 3.8) is 0 Å². The molecule has 0 bridgehead atoms. The molecule has 0 radical (unpaired) electrons. The topological polar surface area (TPSA) is 85.3 Å². The van der Waals surface area contributed by atoms with Gasteiger partial charge in [-0.25, -0.2) is 0 Å². The molecule has 0 saturated carbocycles. The maximum atomic E-state index is 11.5. The van der Waals surface area contributed by atoms with E-state index in [1.165, 1.54) is 6.20 Å². The number of carboxylic acids is 1. The number of hydrogen-bond donors (Lipinski definition) is 2. The van der Waals surface area contributed by atoms with Gasteiger partial charge in [-0.1, -0.05) is 6.08 Å². The standard InChI is InChI=1S/C10H12N2O3/c1-2-3-7-4-5-12(6-8(13)14)10(15)9(7)11/h2,4-5H,1,3,6,11H2,(H,13,14). The lowest BCUT2D eigenvalue weighted by atomic mass is 10.1. The van der Waals surface area contributed by atoms with E-state index in [0.717, 1.165) is 4.57 Å². The molecule has 0 aromatic carbocycles. The Morgan fingerprint density at radius 1 is 1.67 bits per heavy atom. The van der Waals surface area contributed by atoms with Gasteiger partial charge in [-0.15, -0.1) is 6.58 Å². The predicted octanol–water partition coefficient (Wildman–Crippen LogP) is 0.244. The molecule has 0 spiro atoms. The van der Waals surface area contributed by atoms with E-state index in [1.54, 1.807) is 12.1 Å². The second-order valence-electron chi connectivity index (χ2n) is 3.07. The molecule has 5 nitrogen and oxygen atoms in total. The van der Waals surface area contributed by atoms with Gasteiger partial charge in [-0.2, -0.15) is 0 Å². The number of pyridine rings is 1. The number of rotatable bonds is 4. The maximum absolute atomic E-state index is 11.5. The summed E-state index contributed by atoms with van der Waals surface area (Å²) in [5, 5.41) is 8.54. The highest BCUT2D eigenvalue weighted by molar-refractivity contribution is 5.66. The molecule has 15 heavy (non-hydrogen) atoms. The lowest BCUT2D eigenvalue weighted by molar-refractivity contribution is -0.137. The maximum Gasteiger partial charge on any atom is 0.323 e. The Balaban J connectivity index is 3.15. The van der Waals surface area contributed by atoms with E-state index in [4.69, 9.17) is 10.8 Å². The van der Waals surface area contributed by atoms with Crippen LogP contribution in [0.15, 0.2) is 29.7 Å². The normalized spacial score (nSPS) is 9.87. The zero-order valence-corrected chi connectivity index (χ0v) is 8.14. The smallest absolute Gasteiger partial charge is 0.323 e. The molecule has 0 fully saturated rings. The van der Waals surface area contributed by atoms with Gasteiger partial charge in [0.1, 0.15) is 12.2 Å². The molecular weight excluding hydrogens is 196 g/mol. The summed E-state index contributed by atoms with van der Waals surface area (Å²) in [5.74, 6) is -1.08. The summed E-state index contributed by atoms with van der Waals surface area (Å²) in [5.41, 5.74) is 5.84. The van der Waals surface area contributed by atoms with E-state index in [0.29, 0.717) is 12.0 Å². The Morgan fingerprint density at radius 3 is 2.87 bits per heavy atom. The van der Waals surface area contributed by atoms with Gasteiger partial charge in [-0.3, -0.25) is 9.59 Å². The SMILES string of the molecule is C=CCc1ccn(CC(=O)O)c(=O)c1N. The predicted molar refractivity (Wildman–Crippen MR) is 56.7 cm³/mol.